The molecule has 3 heteroatoms. The minimum atomic E-state index is -0.546. The summed E-state index contributed by atoms with van der Waals surface area (Å²) in [4.78, 5) is 13.5. The number of rotatable bonds is 0. The van der Waals surface area contributed by atoms with Gasteiger partial charge >= 0.3 is 5.76 Å². The van der Waals surface area contributed by atoms with Gasteiger partial charge in [0.1, 0.15) is 6.26 Å². The van der Waals surface area contributed by atoms with Crippen molar-refractivity contribution in [3.05, 3.63) is 28.6 Å². The lowest BCUT2D eigenvalue weighted by molar-refractivity contribution is 0.479. The Balaban J connectivity index is 3.22. The summed E-state index contributed by atoms with van der Waals surface area (Å²) < 4.78 is 4.39. The Bertz CT molecular complexity index is 208. The van der Waals surface area contributed by atoms with Crippen molar-refractivity contribution in [2.24, 2.45) is 0 Å². The highest BCUT2D eigenvalue weighted by Crippen LogP contribution is 1.84. The second-order valence-corrected chi connectivity index (χ2v) is 1.50. The van der Waals surface area contributed by atoms with Crippen LogP contribution in [0.4, 0.5) is 0 Å². The summed E-state index contributed by atoms with van der Waals surface area (Å²) in [6.07, 6.45) is 2.83. The van der Waals surface area contributed by atoms with Crippen LogP contribution in [0.15, 0.2) is 21.7 Å². The van der Waals surface area contributed by atoms with Crippen LogP contribution in [0.1, 0.15) is 5.56 Å². The molecular formula is C5H5NO2. The Morgan fingerprint density at radius 3 is 2.88 bits per heavy atom. The SMILES string of the molecule is Cc1cnc(=O)oc1. The first-order valence-electron chi connectivity index (χ1n) is 2.20. The highest BCUT2D eigenvalue weighted by Gasteiger charge is 1.82. The first-order valence-corrected chi connectivity index (χ1v) is 2.20. The van der Waals surface area contributed by atoms with Crippen molar-refractivity contribution in [2.75, 3.05) is 0 Å². The second kappa shape index (κ2) is 1.78. The van der Waals surface area contributed by atoms with Crippen LogP contribution in [-0.4, -0.2) is 4.98 Å². The molecule has 0 atom stereocenters. The first-order chi connectivity index (χ1) is 3.79. The van der Waals surface area contributed by atoms with Crippen molar-refractivity contribution in [3.8, 4) is 0 Å². The van der Waals surface area contributed by atoms with E-state index in [1.54, 1.807) is 6.92 Å². The van der Waals surface area contributed by atoms with Crippen LogP contribution in [0.25, 0.3) is 0 Å². The van der Waals surface area contributed by atoms with Crippen LogP contribution >= 0.6 is 0 Å². The van der Waals surface area contributed by atoms with E-state index in [1.807, 2.05) is 0 Å². The molecule has 0 saturated carbocycles. The number of hydrogen-bond acceptors (Lipinski definition) is 3. The average Bonchev–Trinajstić information content (AvgIpc) is 1.77. The molecule has 3 nitrogen and oxygen atoms in total. The molecule has 1 aromatic heterocycles. The fraction of sp³-hybridized carbons (Fsp3) is 0.200. The molecule has 1 heterocycles. The van der Waals surface area contributed by atoms with E-state index in [9.17, 15) is 4.79 Å². The molecular weight excluding hydrogens is 106 g/mol. The Hall–Kier alpha value is -1.12. The first kappa shape index (κ1) is 5.03. The highest BCUT2D eigenvalue weighted by atomic mass is 16.4. The molecule has 0 fully saturated rings. The minimum absolute atomic E-state index is 0.546. The molecule has 0 aliphatic heterocycles. The summed E-state index contributed by atoms with van der Waals surface area (Å²) >= 11 is 0. The van der Waals surface area contributed by atoms with Crippen LogP contribution in [0.5, 0.6) is 0 Å². The molecule has 1 aromatic rings. The molecule has 1 rings (SSSR count). The van der Waals surface area contributed by atoms with E-state index >= 15 is 0 Å². The van der Waals surface area contributed by atoms with Crippen molar-refractivity contribution in [3.63, 3.8) is 0 Å². The molecule has 0 spiro atoms. The van der Waals surface area contributed by atoms with Crippen molar-refractivity contribution in [1.29, 1.82) is 0 Å². The molecule has 0 unspecified atom stereocenters. The van der Waals surface area contributed by atoms with E-state index < -0.39 is 5.76 Å². The molecule has 0 aromatic carbocycles. The molecule has 0 bridgehead atoms. The predicted octanol–water partition coefficient (Wildman–Crippen LogP) is 0.343. The number of aromatic nitrogens is 1. The summed E-state index contributed by atoms with van der Waals surface area (Å²) in [5, 5.41) is 0. The molecule has 0 aliphatic rings. The van der Waals surface area contributed by atoms with E-state index in [1.165, 1.54) is 12.5 Å². The molecule has 0 aliphatic carbocycles. The molecule has 0 radical (unpaired) electrons. The summed E-state index contributed by atoms with van der Waals surface area (Å²) in [5.74, 6) is -0.546. The minimum Gasteiger partial charge on any atom is -0.416 e. The maximum atomic E-state index is 10.1. The summed E-state index contributed by atoms with van der Waals surface area (Å²) in [6.45, 7) is 1.80. The fourth-order valence-corrected chi connectivity index (χ4v) is 0.359. The van der Waals surface area contributed by atoms with Crippen molar-refractivity contribution < 1.29 is 4.42 Å². The summed E-state index contributed by atoms with van der Waals surface area (Å²) in [7, 11) is 0. The van der Waals surface area contributed by atoms with Gasteiger partial charge in [-0.2, -0.15) is 4.98 Å². The van der Waals surface area contributed by atoms with Gasteiger partial charge in [-0.3, -0.25) is 0 Å². The zero-order chi connectivity index (χ0) is 5.98. The van der Waals surface area contributed by atoms with E-state index in [0.717, 1.165) is 5.56 Å². The average molecular weight is 111 g/mol. The fourth-order valence-electron chi connectivity index (χ4n) is 0.359. The largest absolute Gasteiger partial charge is 0.438 e. The Morgan fingerprint density at radius 1 is 1.75 bits per heavy atom. The van der Waals surface area contributed by atoms with Crippen LogP contribution in [0, 0.1) is 6.92 Å². The van der Waals surface area contributed by atoms with Gasteiger partial charge in [-0.1, -0.05) is 0 Å². The van der Waals surface area contributed by atoms with Gasteiger partial charge < -0.3 is 4.42 Å². The Kier molecular flexibility index (Phi) is 1.12. The third kappa shape index (κ3) is 0.932. The van der Waals surface area contributed by atoms with Gasteiger partial charge in [0.15, 0.2) is 0 Å². The molecule has 0 amide bonds. The quantitative estimate of drug-likeness (QED) is 0.485. The van der Waals surface area contributed by atoms with E-state index in [4.69, 9.17) is 0 Å². The van der Waals surface area contributed by atoms with Gasteiger partial charge in [-0.05, 0) is 6.92 Å². The van der Waals surface area contributed by atoms with Gasteiger partial charge in [0.25, 0.3) is 0 Å². The van der Waals surface area contributed by atoms with E-state index in [2.05, 4.69) is 9.40 Å². The molecule has 0 saturated heterocycles. The van der Waals surface area contributed by atoms with Crippen LogP contribution in [0.3, 0.4) is 0 Å². The van der Waals surface area contributed by atoms with Crippen LogP contribution in [0.2, 0.25) is 0 Å². The maximum Gasteiger partial charge on any atom is 0.438 e. The smallest absolute Gasteiger partial charge is 0.416 e. The number of nitrogens with zero attached hydrogens (tertiary/aromatic N) is 1. The molecule has 8 heavy (non-hydrogen) atoms. The maximum absolute atomic E-state index is 10.1. The van der Waals surface area contributed by atoms with Crippen molar-refractivity contribution in [2.45, 2.75) is 6.92 Å². The molecule has 42 valence electrons. The molecule has 0 N–H and O–H groups in total. The third-order valence-corrected chi connectivity index (χ3v) is 0.719. The number of hydrogen-bond donors (Lipinski definition) is 0. The zero-order valence-corrected chi connectivity index (χ0v) is 4.42. The lowest BCUT2D eigenvalue weighted by atomic mass is 10.4. The predicted molar refractivity (Wildman–Crippen MR) is 27.5 cm³/mol. The topological polar surface area (TPSA) is 43.1 Å². The summed E-state index contributed by atoms with van der Waals surface area (Å²) in [6, 6.07) is 0. The highest BCUT2D eigenvalue weighted by molar-refractivity contribution is 4.94. The lowest BCUT2D eigenvalue weighted by Crippen LogP contribution is -2.00. The normalized spacial score (nSPS) is 9.12. The van der Waals surface area contributed by atoms with E-state index in [-0.39, 0.29) is 0 Å². The number of aryl methyl sites for hydroxylation is 1. The van der Waals surface area contributed by atoms with Gasteiger partial charge in [0.2, 0.25) is 0 Å². The second-order valence-electron chi connectivity index (χ2n) is 1.50. The van der Waals surface area contributed by atoms with Crippen molar-refractivity contribution >= 4 is 0 Å². The lowest BCUT2D eigenvalue weighted by Gasteiger charge is -1.81. The Labute approximate surface area is 46.0 Å². The van der Waals surface area contributed by atoms with Gasteiger partial charge in [-0.25, -0.2) is 4.79 Å². The van der Waals surface area contributed by atoms with Crippen LogP contribution < -0.4 is 5.76 Å². The van der Waals surface area contributed by atoms with Crippen molar-refractivity contribution in [1.82, 2.24) is 4.98 Å². The van der Waals surface area contributed by atoms with Crippen LogP contribution in [-0.2, 0) is 0 Å². The van der Waals surface area contributed by atoms with Gasteiger partial charge in [0.05, 0.1) is 0 Å². The zero-order valence-electron chi connectivity index (χ0n) is 4.42. The third-order valence-electron chi connectivity index (χ3n) is 0.719. The Morgan fingerprint density at radius 2 is 2.50 bits per heavy atom. The monoisotopic (exact) mass is 111 g/mol. The van der Waals surface area contributed by atoms with Gasteiger partial charge in [-0.15, -0.1) is 0 Å². The standard InChI is InChI=1S/C5H5NO2/c1-4-2-6-5(7)8-3-4/h2-3H,1H3. The summed E-state index contributed by atoms with van der Waals surface area (Å²) in [5.41, 5.74) is 0.851. The van der Waals surface area contributed by atoms with E-state index in [0.29, 0.717) is 0 Å². The van der Waals surface area contributed by atoms with Gasteiger partial charge in [0, 0.05) is 11.8 Å².